The minimum Gasteiger partial charge on any atom is -0.306 e. The number of nitrogens with zero attached hydrogens (tertiary/aromatic N) is 2. The Bertz CT molecular complexity index is 561. The van der Waals surface area contributed by atoms with Gasteiger partial charge in [-0.3, -0.25) is 4.90 Å². The van der Waals surface area contributed by atoms with Crippen LogP contribution in [0, 0.1) is 0 Å². The molecule has 2 atom stereocenters. The highest BCUT2D eigenvalue weighted by Crippen LogP contribution is 2.28. The Kier molecular flexibility index (Phi) is 3.46. The van der Waals surface area contributed by atoms with Crippen LogP contribution in [0.4, 0.5) is 0 Å². The summed E-state index contributed by atoms with van der Waals surface area (Å²) in [5.41, 5.74) is 1.14. The van der Waals surface area contributed by atoms with Gasteiger partial charge in [0, 0.05) is 25.2 Å². The molecule has 3 nitrogen and oxygen atoms in total. The summed E-state index contributed by atoms with van der Waals surface area (Å²) in [6, 6.07) is 9.87. The van der Waals surface area contributed by atoms with Crippen LogP contribution in [0.5, 0.6) is 0 Å². The molecule has 3 heterocycles. The fourth-order valence-corrected chi connectivity index (χ4v) is 4.62. The van der Waals surface area contributed by atoms with Crippen LogP contribution in [-0.4, -0.2) is 35.1 Å². The molecule has 2 aliphatic heterocycles. The van der Waals surface area contributed by atoms with Crippen LogP contribution in [-0.2, 0) is 6.54 Å². The molecule has 0 radical (unpaired) electrons. The number of hydrogen-bond acceptors (Lipinski definition) is 4. The van der Waals surface area contributed by atoms with Crippen LogP contribution in [0.3, 0.4) is 0 Å². The summed E-state index contributed by atoms with van der Waals surface area (Å²) in [5.74, 6) is 0. The van der Waals surface area contributed by atoms with Gasteiger partial charge in [-0.1, -0.05) is 18.6 Å². The predicted molar refractivity (Wildman–Crippen MR) is 84.1 cm³/mol. The van der Waals surface area contributed by atoms with Gasteiger partial charge in [0.1, 0.15) is 5.01 Å². The topological polar surface area (TPSA) is 28.2 Å². The van der Waals surface area contributed by atoms with E-state index in [4.69, 9.17) is 4.98 Å². The van der Waals surface area contributed by atoms with Crippen LogP contribution < -0.4 is 5.32 Å². The molecular formula is C16H21N3S. The van der Waals surface area contributed by atoms with Crippen molar-refractivity contribution < 1.29 is 0 Å². The number of thiazole rings is 1. The van der Waals surface area contributed by atoms with E-state index in [1.54, 1.807) is 0 Å². The Morgan fingerprint density at radius 2 is 2.15 bits per heavy atom. The van der Waals surface area contributed by atoms with Gasteiger partial charge >= 0.3 is 0 Å². The first-order valence-electron chi connectivity index (χ1n) is 7.72. The van der Waals surface area contributed by atoms with E-state index < -0.39 is 0 Å². The number of piperidine rings is 1. The van der Waals surface area contributed by atoms with Crippen molar-refractivity contribution >= 4 is 21.6 Å². The lowest BCUT2D eigenvalue weighted by Gasteiger charge is -2.32. The Hall–Kier alpha value is -0.970. The van der Waals surface area contributed by atoms with Crippen molar-refractivity contribution in [1.29, 1.82) is 0 Å². The van der Waals surface area contributed by atoms with Gasteiger partial charge in [0.05, 0.1) is 10.2 Å². The van der Waals surface area contributed by atoms with Gasteiger partial charge in [-0.15, -0.1) is 11.3 Å². The second-order valence-electron chi connectivity index (χ2n) is 5.95. The van der Waals surface area contributed by atoms with Crippen molar-refractivity contribution in [2.45, 2.75) is 44.3 Å². The largest absolute Gasteiger partial charge is 0.306 e. The summed E-state index contributed by atoms with van der Waals surface area (Å²) in [4.78, 5) is 7.40. The number of aromatic nitrogens is 1. The molecule has 2 unspecified atom stereocenters. The summed E-state index contributed by atoms with van der Waals surface area (Å²) in [5, 5.41) is 4.99. The van der Waals surface area contributed by atoms with E-state index in [-0.39, 0.29) is 0 Å². The minimum absolute atomic E-state index is 0.669. The van der Waals surface area contributed by atoms with E-state index in [1.165, 1.54) is 48.5 Å². The Labute approximate surface area is 124 Å². The average Bonchev–Trinajstić information content (AvgIpc) is 3.08. The molecule has 2 saturated heterocycles. The highest BCUT2D eigenvalue weighted by Gasteiger charge is 2.34. The molecular weight excluding hydrogens is 266 g/mol. The summed E-state index contributed by atoms with van der Waals surface area (Å²) < 4.78 is 1.30. The molecule has 4 rings (SSSR count). The average molecular weight is 287 g/mol. The third-order valence-corrected chi connectivity index (χ3v) is 5.75. The summed E-state index contributed by atoms with van der Waals surface area (Å²) >= 11 is 1.82. The Balaban J connectivity index is 1.42. The first-order valence-corrected chi connectivity index (χ1v) is 8.54. The Morgan fingerprint density at radius 1 is 1.20 bits per heavy atom. The molecule has 20 heavy (non-hydrogen) atoms. The maximum absolute atomic E-state index is 4.72. The lowest BCUT2D eigenvalue weighted by molar-refractivity contribution is 0.180. The van der Waals surface area contributed by atoms with E-state index in [1.807, 2.05) is 11.3 Å². The van der Waals surface area contributed by atoms with Crippen LogP contribution in [0.2, 0.25) is 0 Å². The zero-order valence-electron chi connectivity index (χ0n) is 11.7. The molecule has 0 bridgehead atoms. The van der Waals surface area contributed by atoms with Crippen LogP contribution in [0.25, 0.3) is 10.2 Å². The normalized spacial score (nSPS) is 27.0. The molecule has 0 amide bonds. The van der Waals surface area contributed by atoms with Crippen molar-refractivity contribution in [2.75, 3.05) is 13.1 Å². The zero-order chi connectivity index (χ0) is 13.4. The molecule has 2 aromatic rings. The van der Waals surface area contributed by atoms with Gasteiger partial charge in [-0.25, -0.2) is 4.98 Å². The van der Waals surface area contributed by atoms with Gasteiger partial charge in [-0.05, 0) is 37.9 Å². The fourth-order valence-electron chi connectivity index (χ4n) is 3.70. The maximum Gasteiger partial charge on any atom is 0.108 e. The monoisotopic (exact) mass is 287 g/mol. The number of hydrogen-bond donors (Lipinski definition) is 1. The predicted octanol–water partition coefficient (Wildman–Crippen LogP) is 3.01. The van der Waals surface area contributed by atoms with Crippen LogP contribution >= 0.6 is 11.3 Å². The molecule has 1 aromatic carbocycles. The van der Waals surface area contributed by atoms with Crippen molar-refractivity contribution in [3.05, 3.63) is 29.3 Å². The van der Waals surface area contributed by atoms with Gasteiger partial charge in [0.25, 0.3) is 0 Å². The van der Waals surface area contributed by atoms with Crippen LogP contribution in [0.15, 0.2) is 24.3 Å². The molecule has 1 aromatic heterocycles. The maximum atomic E-state index is 4.72. The van der Waals surface area contributed by atoms with E-state index in [2.05, 4.69) is 34.5 Å². The van der Waals surface area contributed by atoms with E-state index in [0.717, 1.165) is 18.1 Å². The van der Waals surface area contributed by atoms with Crippen molar-refractivity contribution in [2.24, 2.45) is 0 Å². The Morgan fingerprint density at radius 3 is 3.10 bits per heavy atom. The second kappa shape index (κ2) is 5.43. The summed E-state index contributed by atoms with van der Waals surface area (Å²) in [7, 11) is 0. The third-order valence-electron chi connectivity index (χ3n) is 4.71. The minimum atomic E-state index is 0.669. The summed E-state index contributed by atoms with van der Waals surface area (Å²) in [6.07, 6.45) is 5.47. The number of rotatable bonds is 3. The van der Waals surface area contributed by atoms with Crippen molar-refractivity contribution in [3.63, 3.8) is 0 Å². The van der Waals surface area contributed by atoms with Gasteiger partial charge in [0.2, 0.25) is 0 Å². The molecule has 106 valence electrons. The standard InChI is InChI=1S/C16H21N3S/c1-2-7-15-13(5-1)18-16(20-15)11-17-12-8-10-19-9-4-3-6-14(12)19/h1-2,5,7,12,14,17H,3-4,6,8-11H2. The number of nitrogens with one attached hydrogen (secondary N) is 1. The molecule has 0 aliphatic carbocycles. The molecule has 0 spiro atoms. The lowest BCUT2D eigenvalue weighted by Crippen LogP contribution is -2.44. The fraction of sp³-hybridized carbons (Fsp3) is 0.562. The first kappa shape index (κ1) is 12.7. The third kappa shape index (κ3) is 2.36. The molecule has 1 N–H and O–H groups in total. The van der Waals surface area contributed by atoms with Gasteiger partial charge < -0.3 is 5.32 Å². The van der Waals surface area contributed by atoms with Crippen LogP contribution in [0.1, 0.15) is 30.7 Å². The number of benzene rings is 1. The first-order chi connectivity index (χ1) is 9.90. The summed E-state index contributed by atoms with van der Waals surface area (Å²) in [6.45, 7) is 3.51. The quantitative estimate of drug-likeness (QED) is 0.940. The lowest BCUT2D eigenvalue weighted by atomic mass is 9.99. The van der Waals surface area contributed by atoms with Crippen molar-refractivity contribution in [1.82, 2.24) is 15.2 Å². The number of para-hydroxylation sites is 1. The second-order valence-corrected chi connectivity index (χ2v) is 7.07. The molecule has 2 fully saturated rings. The van der Waals surface area contributed by atoms with E-state index in [9.17, 15) is 0 Å². The number of fused-ring (bicyclic) bond motifs is 2. The van der Waals surface area contributed by atoms with Crippen molar-refractivity contribution in [3.8, 4) is 0 Å². The smallest absolute Gasteiger partial charge is 0.108 e. The van der Waals surface area contributed by atoms with E-state index in [0.29, 0.717) is 6.04 Å². The SMILES string of the molecule is c1ccc2sc(CNC3CCN4CCCCC34)nc2c1. The van der Waals surface area contributed by atoms with E-state index >= 15 is 0 Å². The van der Waals surface area contributed by atoms with Gasteiger partial charge in [0.15, 0.2) is 0 Å². The zero-order valence-corrected chi connectivity index (χ0v) is 12.5. The van der Waals surface area contributed by atoms with Gasteiger partial charge in [-0.2, -0.15) is 0 Å². The molecule has 2 aliphatic rings. The highest BCUT2D eigenvalue weighted by molar-refractivity contribution is 7.18. The molecule has 4 heteroatoms. The molecule has 0 saturated carbocycles. The highest BCUT2D eigenvalue weighted by atomic mass is 32.1.